The van der Waals surface area contributed by atoms with Crippen LogP contribution in [0, 0.1) is 0 Å². The van der Waals surface area contributed by atoms with Gasteiger partial charge in [-0.1, -0.05) is 28.1 Å². The van der Waals surface area contributed by atoms with Crippen molar-refractivity contribution in [3.05, 3.63) is 70.0 Å². The molecule has 0 aliphatic rings. The SMILES string of the molecule is COc1ccc(-c2csc(NC(=O)/C=C/c3ccc(Br)cc3)n2)cc1. The number of amides is 1. The fraction of sp³-hybridized carbons (Fsp3) is 0.0526. The second-order valence-electron chi connectivity index (χ2n) is 5.14. The van der Waals surface area contributed by atoms with Crippen molar-refractivity contribution in [2.45, 2.75) is 0 Å². The second-order valence-corrected chi connectivity index (χ2v) is 6.91. The third-order valence-corrected chi connectivity index (χ3v) is 4.70. The molecule has 0 radical (unpaired) electrons. The fourth-order valence-corrected chi connectivity index (χ4v) is 3.11. The normalized spacial score (nSPS) is 10.8. The van der Waals surface area contributed by atoms with E-state index in [0.717, 1.165) is 27.0 Å². The molecule has 0 saturated heterocycles. The minimum Gasteiger partial charge on any atom is -0.497 e. The van der Waals surface area contributed by atoms with Gasteiger partial charge in [-0.2, -0.15) is 0 Å². The van der Waals surface area contributed by atoms with Gasteiger partial charge in [-0.05, 0) is 48.0 Å². The Morgan fingerprint density at radius 2 is 1.88 bits per heavy atom. The summed E-state index contributed by atoms with van der Waals surface area (Å²) in [5, 5.41) is 5.26. The van der Waals surface area contributed by atoms with Crippen LogP contribution in [0.4, 0.5) is 5.13 Å². The Morgan fingerprint density at radius 3 is 2.56 bits per heavy atom. The van der Waals surface area contributed by atoms with Crippen LogP contribution in [0.3, 0.4) is 0 Å². The van der Waals surface area contributed by atoms with Gasteiger partial charge < -0.3 is 4.74 Å². The number of ether oxygens (including phenoxy) is 1. The number of aromatic nitrogens is 1. The first-order valence-electron chi connectivity index (χ1n) is 7.48. The van der Waals surface area contributed by atoms with Crippen molar-refractivity contribution in [1.29, 1.82) is 0 Å². The van der Waals surface area contributed by atoms with Gasteiger partial charge in [0.1, 0.15) is 5.75 Å². The van der Waals surface area contributed by atoms with Gasteiger partial charge in [-0.25, -0.2) is 4.98 Å². The molecule has 0 unspecified atom stereocenters. The first kappa shape index (κ1) is 17.4. The standard InChI is InChI=1S/C19H15BrN2O2S/c1-24-16-9-5-14(6-10-16)17-12-25-19(21-17)22-18(23)11-4-13-2-7-15(20)8-3-13/h2-12H,1H3,(H,21,22,23)/b11-4+. The lowest BCUT2D eigenvalue weighted by molar-refractivity contribution is -0.111. The fourth-order valence-electron chi connectivity index (χ4n) is 2.12. The van der Waals surface area contributed by atoms with Crippen molar-refractivity contribution in [1.82, 2.24) is 4.98 Å². The minimum atomic E-state index is -0.210. The van der Waals surface area contributed by atoms with Gasteiger partial charge in [-0.3, -0.25) is 10.1 Å². The Balaban J connectivity index is 1.64. The first-order chi connectivity index (χ1) is 12.1. The van der Waals surface area contributed by atoms with Crippen molar-refractivity contribution >= 4 is 44.4 Å². The average molecular weight is 415 g/mol. The summed E-state index contributed by atoms with van der Waals surface area (Å²) in [5.41, 5.74) is 2.75. The van der Waals surface area contributed by atoms with Crippen molar-refractivity contribution in [3.8, 4) is 17.0 Å². The molecule has 3 rings (SSSR count). The molecule has 4 nitrogen and oxygen atoms in total. The molecule has 0 aliphatic carbocycles. The summed E-state index contributed by atoms with van der Waals surface area (Å²) in [4.78, 5) is 16.5. The molecule has 3 aromatic rings. The zero-order valence-electron chi connectivity index (χ0n) is 13.4. The first-order valence-corrected chi connectivity index (χ1v) is 9.16. The number of hydrogen-bond acceptors (Lipinski definition) is 4. The highest BCUT2D eigenvalue weighted by molar-refractivity contribution is 9.10. The van der Waals surface area contributed by atoms with Crippen LogP contribution in [-0.2, 0) is 4.79 Å². The molecule has 0 bridgehead atoms. The largest absolute Gasteiger partial charge is 0.497 e. The minimum absolute atomic E-state index is 0.210. The molecule has 0 aliphatic heterocycles. The predicted octanol–water partition coefficient (Wildman–Crippen LogP) is 5.23. The maximum Gasteiger partial charge on any atom is 0.250 e. The van der Waals surface area contributed by atoms with E-state index in [1.54, 1.807) is 13.2 Å². The summed E-state index contributed by atoms with van der Waals surface area (Å²) >= 11 is 4.77. The van der Waals surface area contributed by atoms with Crippen LogP contribution >= 0.6 is 27.3 Å². The van der Waals surface area contributed by atoms with Crippen molar-refractivity contribution in [2.75, 3.05) is 12.4 Å². The number of anilines is 1. The van der Waals surface area contributed by atoms with Crippen molar-refractivity contribution in [2.24, 2.45) is 0 Å². The van der Waals surface area contributed by atoms with E-state index in [9.17, 15) is 4.79 Å². The van der Waals surface area contributed by atoms with E-state index in [0.29, 0.717) is 5.13 Å². The third kappa shape index (κ3) is 4.78. The Hall–Kier alpha value is -2.44. The third-order valence-electron chi connectivity index (χ3n) is 3.42. The zero-order valence-corrected chi connectivity index (χ0v) is 15.8. The number of thiazole rings is 1. The summed E-state index contributed by atoms with van der Waals surface area (Å²) < 4.78 is 6.15. The van der Waals surface area contributed by atoms with Crippen LogP contribution in [0.15, 0.2) is 64.5 Å². The highest BCUT2D eigenvalue weighted by Crippen LogP contribution is 2.26. The van der Waals surface area contributed by atoms with Gasteiger partial charge in [-0.15, -0.1) is 11.3 Å². The van der Waals surface area contributed by atoms with Crippen LogP contribution in [0.2, 0.25) is 0 Å². The van der Waals surface area contributed by atoms with E-state index in [2.05, 4.69) is 26.2 Å². The molecule has 126 valence electrons. The summed E-state index contributed by atoms with van der Waals surface area (Å²) in [5.74, 6) is 0.587. The number of benzene rings is 2. The second kappa shape index (κ2) is 8.09. The number of nitrogens with zero attached hydrogens (tertiary/aromatic N) is 1. The lowest BCUT2D eigenvalue weighted by atomic mass is 10.2. The van der Waals surface area contributed by atoms with E-state index >= 15 is 0 Å². The summed E-state index contributed by atoms with van der Waals surface area (Å²) in [6.07, 6.45) is 3.26. The smallest absolute Gasteiger partial charge is 0.250 e. The van der Waals surface area contributed by atoms with Gasteiger partial charge in [0, 0.05) is 21.5 Å². The number of methoxy groups -OCH3 is 1. The van der Waals surface area contributed by atoms with E-state index < -0.39 is 0 Å². The molecule has 0 atom stereocenters. The van der Waals surface area contributed by atoms with Crippen LogP contribution in [0.5, 0.6) is 5.75 Å². The Morgan fingerprint density at radius 1 is 1.16 bits per heavy atom. The number of rotatable bonds is 5. The predicted molar refractivity (Wildman–Crippen MR) is 106 cm³/mol. The summed E-state index contributed by atoms with van der Waals surface area (Å²) in [6.45, 7) is 0. The van der Waals surface area contributed by atoms with Gasteiger partial charge in [0.05, 0.1) is 12.8 Å². The van der Waals surface area contributed by atoms with Gasteiger partial charge in [0.15, 0.2) is 5.13 Å². The molecular weight excluding hydrogens is 400 g/mol. The molecule has 0 saturated carbocycles. The molecule has 25 heavy (non-hydrogen) atoms. The lowest BCUT2D eigenvalue weighted by Crippen LogP contribution is -2.07. The van der Waals surface area contributed by atoms with Gasteiger partial charge in [0.25, 0.3) is 0 Å². The van der Waals surface area contributed by atoms with Crippen LogP contribution in [-0.4, -0.2) is 18.0 Å². The van der Waals surface area contributed by atoms with Gasteiger partial charge >= 0.3 is 0 Å². The number of halogens is 1. The molecular formula is C19H15BrN2O2S. The molecule has 2 aromatic carbocycles. The highest BCUT2D eigenvalue weighted by Gasteiger charge is 2.06. The Bertz CT molecular complexity index is 887. The number of hydrogen-bond donors (Lipinski definition) is 1. The zero-order chi connectivity index (χ0) is 17.6. The van der Waals surface area contributed by atoms with Crippen LogP contribution in [0.25, 0.3) is 17.3 Å². The van der Waals surface area contributed by atoms with E-state index in [4.69, 9.17) is 4.74 Å². The number of carbonyl (C=O) groups excluding carboxylic acids is 1. The quantitative estimate of drug-likeness (QED) is 0.581. The average Bonchev–Trinajstić information content (AvgIpc) is 3.10. The van der Waals surface area contributed by atoms with E-state index in [1.165, 1.54) is 17.4 Å². The molecule has 1 aromatic heterocycles. The van der Waals surface area contributed by atoms with Crippen LogP contribution < -0.4 is 10.1 Å². The molecule has 1 amide bonds. The maximum absolute atomic E-state index is 12.0. The molecule has 0 fully saturated rings. The molecule has 6 heteroatoms. The number of nitrogens with one attached hydrogen (secondary N) is 1. The molecule has 0 spiro atoms. The maximum atomic E-state index is 12.0. The lowest BCUT2D eigenvalue weighted by Gasteiger charge is -2.00. The van der Waals surface area contributed by atoms with Gasteiger partial charge in [0.2, 0.25) is 5.91 Å². The summed E-state index contributed by atoms with van der Waals surface area (Å²) in [7, 11) is 1.63. The van der Waals surface area contributed by atoms with E-state index in [1.807, 2.05) is 53.9 Å². The molecule has 1 N–H and O–H groups in total. The number of carbonyl (C=O) groups is 1. The van der Waals surface area contributed by atoms with Crippen molar-refractivity contribution < 1.29 is 9.53 Å². The monoisotopic (exact) mass is 414 g/mol. The van der Waals surface area contributed by atoms with Crippen molar-refractivity contribution in [3.63, 3.8) is 0 Å². The Kier molecular flexibility index (Phi) is 5.63. The molecule has 1 heterocycles. The van der Waals surface area contributed by atoms with Crippen LogP contribution in [0.1, 0.15) is 5.56 Å². The topological polar surface area (TPSA) is 51.2 Å². The summed E-state index contributed by atoms with van der Waals surface area (Å²) in [6, 6.07) is 15.4. The Labute approximate surface area is 158 Å². The highest BCUT2D eigenvalue weighted by atomic mass is 79.9. The van der Waals surface area contributed by atoms with E-state index in [-0.39, 0.29) is 5.91 Å².